The number of aliphatic hydroxyl groups is 2. The van der Waals surface area contributed by atoms with Crippen LogP contribution < -0.4 is 43.4 Å². The number of para-hydroxylation sites is 6. The van der Waals surface area contributed by atoms with Crippen LogP contribution in [0.1, 0.15) is 20.3 Å². The van der Waals surface area contributed by atoms with Gasteiger partial charge in [0.2, 0.25) is 0 Å². The van der Waals surface area contributed by atoms with E-state index in [0.717, 1.165) is 56.3 Å². The molecule has 70 heavy (non-hydrogen) atoms. The Labute approximate surface area is 471 Å². The number of nitrogens with zero attached hydrogens (tertiary/aromatic N) is 6. The molecule has 2 atom stereocenters. The summed E-state index contributed by atoms with van der Waals surface area (Å²) in [6.07, 6.45) is -0.278. The monoisotopic (exact) mass is 1630 g/mol. The molecule has 0 aromatic heterocycles. The topological polar surface area (TPSA) is 149 Å². The molecule has 6 aromatic carbocycles. The third-order valence-electron chi connectivity index (χ3n) is 9.53. The molecule has 3 fully saturated rings. The van der Waals surface area contributed by atoms with E-state index in [0.29, 0.717) is 6.42 Å². The molecule has 12 nitrogen and oxygen atoms in total. The van der Waals surface area contributed by atoms with E-state index < -0.39 is 10.2 Å². The van der Waals surface area contributed by atoms with Gasteiger partial charge >= 0.3 is 77.6 Å². The zero-order valence-corrected chi connectivity index (χ0v) is 49.6. The Balaban J connectivity index is 0. The summed E-state index contributed by atoms with van der Waals surface area (Å²) >= 11 is 4.23. The molecule has 389 valence electrons. The van der Waals surface area contributed by atoms with E-state index in [2.05, 4.69) is 194 Å². The summed E-state index contributed by atoms with van der Waals surface area (Å²) < 4.78 is 32.7. The summed E-state index contributed by atoms with van der Waals surface area (Å²) in [4.78, 5) is 13.5. The summed E-state index contributed by atoms with van der Waals surface area (Å²) in [7, 11) is -4.69. The second kappa shape index (κ2) is 38.6. The van der Waals surface area contributed by atoms with Crippen molar-refractivity contribution < 1.29 is 97.4 Å². The minimum atomic E-state index is -4.69. The van der Waals surface area contributed by atoms with E-state index >= 15 is 0 Å². The van der Waals surface area contributed by atoms with Crippen molar-refractivity contribution >= 4 is 53.5 Å². The van der Waals surface area contributed by atoms with Crippen molar-refractivity contribution in [1.29, 1.82) is 0 Å². The van der Waals surface area contributed by atoms with Gasteiger partial charge in [-0.25, -0.2) is 0 Å². The Morgan fingerprint density at radius 3 is 0.886 bits per heavy atom. The minimum absolute atomic E-state index is 0. The molecular weight excluding hydrogens is 1560 g/mol. The standard InChI is InChI=1S/3C15H14N2.C5H12O2.3CH3.ClHO4.HI.3Pt/c3*1-3-7-14(8-4-1)16-11-12-17(13-16)15-9-5-2-6-10-15;1-4(6)3-5(2)7;;;;2-1(3,4)5;;;;/h3*1-9,13H,11-12H2;4-7H,3H2,1-2H3;3*1H3;(H,2,3,4,5);1H;;;/q3*-2;;3*-1;;;+1;+2;+4/p-1. The van der Waals surface area contributed by atoms with Gasteiger partial charge in [-0.2, -0.15) is 125 Å². The fraction of sp³-hybridized carbons (Fsp3) is 0.208. The SMILES string of the molecule is CC(O)CC(C)O.[CH3-].[CH3-].[CH3-].[I][Pt].[O-][Cl+3]([O-])([O-])O.[Pt+2].[Pt+4].[c-]1ccccc1N1[CH-]N(c2ccccc2)CC1.[c-]1ccccc1N1[CH-]N(c2ccccc2)CC1.[c-]1ccccc1N1[CH-]N(c2ccccc2)CC1. The van der Waals surface area contributed by atoms with Crippen molar-refractivity contribution in [1.82, 2.24) is 0 Å². The molecule has 3 aliphatic rings. The van der Waals surface area contributed by atoms with Crippen molar-refractivity contribution in [2.75, 3.05) is 68.7 Å². The summed E-state index contributed by atoms with van der Waals surface area (Å²) in [5, 5.41) is 17.1. The van der Waals surface area contributed by atoms with Crippen molar-refractivity contribution in [3.8, 4) is 0 Å². The predicted octanol–water partition coefficient (Wildman–Crippen LogP) is 7.04. The molecule has 9 rings (SSSR count). The molecule has 0 radical (unpaired) electrons. The average Bonchev–Trinajstić information content (AvgIpc) is 4.14. The van der Waals surface area contributed by atoms with Crippen molar-refractivity contribution in [2.45, 2.75) is 32.5 Å². The van der Waals surface area contributed by atoms with Crippen molar-refractivity contribution in [2.24, 2.45) is 0 Å². The molecule has 2 unspecified atom stereocenters. The van der Waals surface area contributed by atoms with Crippen LogP contribution in [0.2, 0.25) is 0 Å². The van der Waals surface area contributed by atoms with E-state index in [1.165, 1.54) is 17.1 Å². The molecule has 3 heterocycles. The third-order valence-corrected chi connectivity index (χ3v) is 9.53. The Morgan fingerprint density at radius 1 is 0.486 bits per heavy atom. The average molecular weight is 1630 g/mol. The Bertz CT molecular complexity index is 1750. The molecule has 0 amide bonds. The van der Waals surface area contributed by atoms with Crippen molar-refractivity contribution in [3.63, 3.8) is 0 Å². The van der Waals surface area contributed by atoms with Crippen LogP contribution in [0.4, 0.5) is 34.1 Å². The molecule has 3 N–H and O–H groups in total. The Hall–Kier alpha value is -3.04. The van der Waals surface area contributed by atoms with Gasteiger partial charge in [-0.05, 0) is 56.7 Å². The molecular formula is C53H64ClIN6O6Pt3-3. The maximum Gasteiger partial charge on any atom is 4.00 e. The van der Waals surface area contributed by atoms with Crippen LogP contribution in [0.3, 0.4) is 0 Å². The number of hydrogen-bond acceptors (Lipinski definition) is 12. The fourth-order valence-corrected chi connectivity index (χ4v) is 6.67. The summed E-state index contributed by atoms with van der Waals surface area (Å²) in [6.45, 7) is 15.9. The molecule has 0 bridgehead atoms. The van der Waals surface area contributed by atoms with Gasteiger partial charge in [0.1, 0.15) is 0 Å². The largest absolute Gasteiger partial charge is 4.00 e. The fourth-order valence-electron chi connectivity index (χ4n) is 6.67. The maximum absolute atomic E-state index is 8.60. The molecule has 3 saturated heterocycles. The molecule has 3 aliphatic heterocycles. The first kappa shape index (κ1) is 69.0. The third kappa shape index (κ3) is 26.6. The Morgan fingerprint density at radius 2 is 0.700 bits per heavy atom. The number of anilines is 6. The van der Waals surface area contributed by atoms with Crippen LogP contribution in [0.5, 0.6) is 0 Å². The summed E-state index contributed by atoms with van der Waals surface area (Å²) in [5.74, 6) is 0. The normalized spacial score (nSPS) is 14.0. The minimum Gasteiger partial charge on any atom is -0.522 e. The smallest absolute Gasteiger partial charge is 0.522 e. The van der Waals surface area contributed by atoms with Crippen LogP contribution in [-0.2, 0) is 58.3 Å². The second-order valence-electron chi connectivity index (χ2n) is 14.6. The molecule has 0 saturated carbocycles. The number of hydrogen-bond donors (Lipinski definition) is 3. The maximum atomic E-state index is 8.60. The zero-order chi connectivity index (χ0) is 46.9. The van der Waals surface area contributed by atoms with Crippen LogP contribution in [-0.4, -0.2) is 66.3 Å². The Kier molecular flexibility index (Phi) is 38.0. The van der Waals surface area contributed by atoms with Gasteiger partial charge in [0.05, 0.1) is 27.1 Å². The van der Waals surface area contributed by atoms with Crippen molar-refractivity contribution in [3.05, 3.63) is 224 Å². The molecule has 0 spiro atoms. The number of rotatable bonds is 8. The van der Waals surface area contributed by atoms with E-state index in [9.17, 15) is 0 Å². The van der Waals surface area contributed by atoms with Crippen LogP contribution in [0.15, 0.2) is 164 Å². The number of halogens is 2. The van der Waals surface area contributed by atoms with Gasteiger partial charge in [0.15, 0.2) is 0 Å². The quantitative estimate of drug-likeness (QED) is 0.106. The first-order valence-electron chi connectivity index (χ1n) is 20.7. The first-order chi connectivity index (χ1) is 31.4. The number of benzene rings is 6. The summed E-state index contributed by atoms with van der Waals surface area (Å²) in [6, 6.07) is 65.4. The predicted molar refractivity (Wildman–Crippen MR) is 276 cm³/mol. The van der Waals surface area contributed by atoms with E-state index in [4.69, 9.17) is 28.8 Å². The van der Waals surface area contributed by atoms with Crippen LogP contribution in [0, 0.1) is 70.7 Å². The van der Waals surface area contributed by atoms with Crippen LogP contribution in [0.25, 0.3) is 0 Å². The molecule has 17 heteroatoms. The molecule has 0 aliphatic carbocycles. The van der Waals surface area contributed by atoms with Gasteiger partial charge in [-0.3, -0.25) is 0 Å². The van der Waals surface area contributed by atoms with E-state index in [1.54, 1.807) is 13.8 Å². The van der Waals surface area contributed by atoms with Gasteiger partial charge in [0, 0.05) is 56.3 Å². The number of aliphatic hydroxyl groups excluding tert-OH is 2. The van der Waals surface area contributed by atoms with E-state index in [-0.39, 0.29) is 76.6 Å². The first-order valence-corrected chi connectivity index (χ1v) is 28.4. The van der Waals surface area contributed by atoms with Gasteiger partial charge in [-0.1, -0.05) is 54.6 Å². The molecule has 6 aromatic rings. The summed E-state index contributed by atoms with van der Waals surface area (Å²) in [5.41, 5.74) is 7.12. The van der Waals surface area contributed by atoms with E-state index in [1.807, 2.05) is 72.8 Å². The van der Waals surface area contributed by atoms with Gasteiger partial charge in [-0.15, -0.1) is 17.1 Å². The van der Waals surface area contributed by atoms with Crippen LogP contribution >= 0.6 is 19.4 Å². The van der Waals surface area contributed by atoms with Gasteiger partial charge < -0.3 is 61.9 Å². The zero-order valence-electron chi connectivity index (χ0n) is 39.9. The second-order valence-corrected chi connectivity index (χ2v) is 15.4. The van der Waals surface area contributed by atoms with Gasteiger partial charge in [0.25, 0.3) is 0 Å².